The van der Waals surface area contributed by atoms with Crippen molar-refractivity contribution in [3.05, 3.63) is 73.1 Å². The fraction of sp³-hybridized carbons (Fsp3) is 0. The molecule has 0 radical (unpaired) electrons. The highest BCUT2D eigenvalue weighted by atomic mass is 19.1. The van der Waals surface area contributed by atoms with Crippen molar-refractivity contribution in [2.24, 2.45) is 0 Å². The average molecular weight is 273 g/mol. The second kappa shape index (κ2) is 5.40. The molecule has 0 spiro atoms. The van der Waals surface area contributed by atoms with Gasteiger partial charge < -0.3 is 10.8 Å². The van der Waals surface area contributed by atoms with E-state index in [0.717, 1.165) is 10.2 Å². The summed E-state index contributed by atoms with van der Waals surface area (Å²) >= 11 is 0. The molecule has 20 heavy (non-hydrogen) atoms. The molecule has 0 saturated carbocycles. The fourth-order valence-corrected chi connectivity index (χ4v) is 1.58. The molecular weight excluding hydrogens is 261 g/mol. The van der Waals surface area contributed by atoms with Crippen LogP contribution in [-0.2, 0) is 0 Å². The second-order valence-corrected chi connectivity index (χ2v) is 4.07. The zero-order chi connectivity index (χ0) is 14.7. The number of hydrogen-bond donors (Lipinski definition) is 2. The lowest BCUT2D eigenvalue weighted by Crippen LogP contribution is -2.55. The Kier molecular flexibility index (Phi) is 3.65. The molecule has 0 aliphatic rings. The molecule has 1 aromatic carbocycles. The Morgan fingerprint density at radius 1 is 1.25 bits per heavy atom. The molecule has 2 rings (SSSR count). The summed E-state index contributed by atoms with van der Waals surface area (Å²) in [6, 6.07) is 5.78. The first kappa shape index (κ1) is 13.5. The molecule has 6 heteroatoms. The summed E-state index contributed by atoms with van der Waals surface area (Å²) < 4.78 is 13.5. The number of halogens is 1. The number of benzene rings is 1. The van der Waals surface area contributed by atoms with E-state index >= 15 is 0 Å². The number of nitrogens with two attached hydrogens (primary N) is 1. The quantitative estimate of drug-likeness (QED) is 0.710. The molecule has 0 amide bonds. The molecule has 3 N–H and O–H groups in total. The fourth-order valence-electron chi connectivity index (χ4n) is 1.58. The Bertz CT molecular complexity index is 877. The molecular formula is C14H12FN3O2. The normalized spacial score (nSPS) is 12.2. The van der Waals surface area contributed by atoms with Crippen LogP contribution >= 0.6 is 0 Å². The number of H-pyrrole nitrogens is 1. The number of nitrogen functional groups attached to an aromatic ring is 1. The van der Waals surface area contributed by atoms with E-state index in [4.69, 9.17) is 5.84 Å². The minimum Gasteiger partial charge on any atom is -0.335 e. The van der Waals surface area contributed by atoms with E-state index in [2.05, 4.69) is 11.6 Å². The van der Waals surface area contributed by atoms with E-state index in [0.29, 0.717) is 0 Å². The maximum atomic E-state index is 12.7. The molecule has 102 valence electrons. The summed E-state index contributed by atoms with van der Waals surface area (Å²) in [5.74, 6) is 5.10. The highest BCUT2D eigenvalue weighted by molar-refractivity contribution is 5.57. The van der Waals surface area contributed by atoms with Gasteiger partial charge in [0.25, 0.3) is 11.1 Å². The van der Waals surface area contributed by atoms with Crippen molar-refractivity contribution in [1.29, 1.82) is 0 Å². The van der Waals surface area contributed by atoms with Crippen LogP contribution in [0, 0.1) is 5.82 Å². The zero-order valence-corrected chi connectivity index (χ0v) is 10.5. The molecule has 0 fully saturated rings. The zero-order valence-electron chi connectivity index (χ0n) is 10.5. The number of aromatic amines is 1. The van der Waals surface area contributed by atoms with E-state index in [1.807, 2.05) is 0 Å². The summed E-state index contributed by atoms with van der Waals surface area (Å²) in [5, 5.41) is -0.0988. The Hall–Kier alpha value is -2.89. The number of allylic oxidation sites excluding steroid dienone is 1. The van der Waals surface area contributed by atoms with Gasteiger partial charge in [0.15, 0.2) is 0 Å². The highest BCUT2D eigenvalue weighted by Crippen LogP contribution is 2.04. The van der Waals surface area contributed by atoms with Gasteiger partial charge in [-0.3, -0.25) is 9.59 Å². The number of hydrogen-bond acceptors (Lipinski definition) is 3. The van der Waals surface area contributed by atoms with Gasteiger partial charge in [0, 0.05) is 0 Å². The van der Waals surface area contributed by atoms with Crippen molar-refractivity contribution in [1.82, 2.24) is 9.66 Å². The van der Waals surface area contributed by atoms with E-state index in [1.165, 1.54) is 24.3 Å². The molecule has 0 aliphatic heterocycles. The van der Waals surface area contributed by atoms with Crippen LogP contribution < -0.4 is 27.7 Å². The van der Waals surface area contributed by atoms with Crippen molar-refractivity contribution in [2.45, 2.75) is 0 Å². The largest absolute Gasteiger partial charge is 0.335 e. The molecule has 0 saturated heterocycles. The van der Waals surface area contributed by atoms with Crippen LogP contribution in [0.15, 0.2) is 39.9 Å². The summed E-state index contributed by atoms with van der Waals surface area (Å²) in [5.41, 5.74) is -0.437. The lowest BCUT2D eigenvalue weighted by Gasteiger charge is -1.96. The third-order valence-corrected chi connectivity index (χ3v) is 2.66. The van der Waals surface area contributed by atoms with Crippen LogP contribution in [0.2, 0.25) is 0 Å². The lowest BCUT2D eigenvalue weighted by molar-refractivity contribution is 0.628. The van der Waals surface area contributed by atoms with E-state index in [-0.39, 0.29) is 16.5 Å². The first-order valence-electron chi connectivity index (χ1n) is 5.72. The third kappa shape index (κ3) is 2.74. The van der Waals surface area contributed by atoms with Crippen LogP contribution in [0.4, 0.5) is 4.39 Å². The minimum atomic E-state index is -0.637. The number of nitrogens with one attached hydrogen (secondary N) is 1. The highest BCUT2D eigenvalue weighted by Gasteiger charge is 1.98. The predicted molar refractivity (Wildman–Crippen MR) is 76.1 cm³/mol. The van der Waals surface area contributed by atoms with Gasteiger partial charge in [0.1, 0.15) is 16.5 Å². The molecule has 2 aromatic rings. The summed E-state index contributed by atoms with van der Waals surface area (Å²) in [7, 11) is 0. The van der Waals surface area contributed by atoms with Gasteiger partial charge >= 0.3 is 0 Å². The molecule has 0 unspecified atom stereocenters. The van der Waals surface area contributed by atoms with Gasteiger partial charge in [-0.25, -0.2) is 9.07 Å². The van der Waals surface area contributed by atoms with Crippen molar-refractivity contribution in [3.63, 3.8) is 0 Å². The van der Waals surface area contributed by atoms with E-state index in [9.17, 15) is 14.0 Å². The average Bonchev–Trinajstić information content (AvgIpc) is 2.42. The van der Waals surface area contributed by atoms with Crippen molar-refractivity contribution in [3.8, 4) is 0 Å². The summed E-state index contributed by atoms with van der Waals surface area (Å²) in [4.78, 5) is 25.7. The van der Waals surface area contributed by atoms with Crippen LogP contribution in [0.25, 0.3) is 18.7 Å². The van der Waals surface area contributed by atoms with Crippen LogP contribution in [0.1, 0.15) is 5.56 Å². The molecule has 0 bridgehead atoms. The van der Waals surface area contributed by atoms with Gasteiger partial charge in [0.2, 0.25) is 0 Å². The van der Waals surface area contributed by atoms with Crippen LogP contribution in [0.5, 0.6) is 0 Å². The first-order valence-corrected chi connectivity index (χ1v) is 5.72. The van der Waals surface area contributed by atoms with E-state index < -0.39 is 11.1 Å². The number of nitrogens with zero attached hydrogens (tertiary/aromatic N) is 1. The molecule has 1 aromatic heterocycles. The van der Waals surface area contributed by atoms with Crippen molar-refractivity contribution in [2.75, 3.05) is 5.84 Å². The second-order valence-electron chi connectivity index (χ2n) is 4.07. The Morgan fingerprint density at radius 2 is 1.90 bits per heavy atom. The summed E-state index contributed by atoms with van der Waals surface area (Å²) in [6.45, 7) is 3.43. The van der Waals surface area contributed by atoms with Crippen LogP contribution in [-0.4, -0.2) is 9.66 Å². The van der Waals surface area contributed by atoms with Gasteiger partial charge in [-0.15, -0.1) is 0 Å². The SMILES string of the molecule is C=c1[nH]c(=O)/c(=C/C=C/c2ccc(F)cc2)c(=O)n1N. The standard InChI is InChI=1S/C14H12FN3O2/c1-9-17-13(19)12(14(20)18(9)16)4-2-3-10-5-7-11(15)8-6-10/h2-8H,1,16H2,(H,17,19)/b3-2+,12-4-. The summed E-state index contributed by atoms with van der Waals surface area (Å²) in [6.07, 6.45) is 4.49. The molecule has 0 atom stereocenters. The Morgan fingerprint density at radius 3 is 2.55 bits per heavy atom. The molecule has 1 heterocycles. The third-order valence-electron chi connectivity index (χ3n) is 2.66. The smallest absolute Gasteiger partial charge is 0.283 e. The molecule has 5 nitrogen and oxygen atoms in total. The number of rotatable bonds is 2. The molecule has 0 aliphatic carbocycles. The van der Waals surface area contributed by atoms with Gasteiger partial charge in [-0.2, -0.15) is 0 Å². The Balaban J connectivity index is 2.45. The minimum absolute atomic E-state index is 0.0275. The van der Waals surface area contributed by atoms with Gasteiger partial charge in [-0.1, -0.05) is 30.9 Å². The predicted octanol–water partition coefficient (Wildman–Crippen LogP) is -0.706. The lowest BCUT2D eigenvalue weighted by atomic mass is 10.2. The first-order chi connectivity index (χ1) is 9.49. The van der Waals surface area contributed by atoms with Crippen LogP contribution in [0.3, 0.4) is 0 Å². The topological polar surface area (TPSA) is 80.9 Å². The Labute approximate surface area is 112 Å². The maximum absolute atomic E-state index is 12.7. The van der Waals surface area contributed by atoms with Crippen molar-refractivity contribution >= 4 is 18.7 Å². The van der Waals surface area contributed by atoms with Gasteiger partial charge in [0.05, 0.1) is 0 Å². The van der Waals surface area contributed by atoms with Crippen molar-refractivity contribution < 1.29 is 4.39 Å². The van der Waals surface area contributed by atoms with E-state index in [1.54, 1.807) is 18.2 Å². The number of aromatic nitrogens is 2. The monoisotopic (exact) mass is 273 g/mol. The maximum Gasteiger partial charge on any atom is 0.283 e. The van der Waals surface area contributed by atoms with Gasteiger partial charge in [-0.05, 0) is 23.8 Å².